The van der Waals surface area contributed by atoms with Crippen LogP contribution in [0.1, 0.15) is 22.0 Å². The smallest absolute Gasteiger partial charge is 0.202 e. The minimum absolute atomic E-state index is 0. The third-order valence-electron chi connectivity index (χ3n) is 3.45. The topological polar surface area (TPSA) is 190 Å². The third kappa shape index (κ3) is 2.91. The summed E-state index contributed by atoms with van der Waals surface area (Å²) < 4.78 is 5.47. The van der Waals surface area contributed by atoms with Crippen molar-refractivity contribution in [2.75, 3.05) is 0 Å². The van der Waals surface area contributed by atoms with Gasteiger partial charge < -0.3 is 41.2 Å². The average molecular weight is 340 g/mol. The van der Waals surface area contributed by atoms with Crippen LogP contribution in [0.2, 0.25) is 0 Å². The molecule has 0 unspecified atom stereocenters. The molecule has 2 atom stereocenters. The molecule has 9 N–H and O–H groups in total. The highest BCUT2D eigenvalue weighted by molar-refractivity contribution is 6.05. The molecule has 0 amide bonds. The first kappa shape index (κ1) is 19.0. The number of aromatic hydroxyl groups is 4. The van der Waals surface area contributed by atoms with Gasteiger partial charge in [0.25, 0.3) is 0 Å². The van der Waals surface area contributed by atoms with Crippen LogP contribution in [0.4, 0.5) is 0 Å². The van der Waals surface area contributed by atoms with E-state index < -0.39 is 29.5 Å². The summed E-state index contributed by atoms with van der Waals surface area (Å²) in [5.41, 5.74) is 0.0363. The summed E-state index contributed by atoms with van der Waals surface area (Å²) in [5, 5.41) is 48.1. The summed E-state index contributed by atoms with van der Waals surface area (Å²) in [4.78, 5) is 12.2. The Morgan fingerprint density at radius 2 is 1.54 bits per heavy atom. The molecule has 0 bridgehead atoms. The van der Waals surface area contributed by atoms with E-state index >= 15 is 0 Å². The lowest BCUT2D eigenvalue weighted by molar-refractivity contribution is 0.0210. The fourth-order valence-electron chi connectivity index (χ4n) is 2.38. The predicted molar refractivity (Wildman–Crippen MR) is 80.5 cm³/mol. The van der Waals surface area contributed by atoms with Crippen molar-refractivity contribution in [3.8, 4) is 28.7 Å². The Labute approximate surface area is 135 Å². The molecule has 0 aliphatic carbocycles. The zero-order chi connectivity index (χ0) is 16.0. The van der Waals surface area contributed by atoms with Gasteiger partial charge >= 0.3 is 0 Å². The monoisotopic (exact) mass is 340 g/mol. The molecule has 0 fully saturated rings. The van der Waals surface area contributed by atoms with Crippen molar-refractivity contribution in [3.63, 3.8) is 0 Å². The first-order valence-corrected chi connectivity index (χ1v) is 6.35. The molecule has 2 aromatic carbocycles. The van der Waals surface area contributed by atoms with Crippen LogP contribution in [0.3, 0.4) is 0 Å². The molecule has 0 aromatic heterocycles. The fraction of sp³-hybridized carbons (Fsp3) is 0.133. The highest BCUT2D eigenvalue weighted by Gasteiger charge is 2.39. The zero-order valence-electron chi connectivity index (χ0n) is 12.1. The van der Waals surface area contributed by atoms with Gasteiger partial charge in [-0.25, -0.2) is 0 Å². The Hall–Kier alpha value is -3.01. The predicted octanol–water partition coefficient (Wildman–Crippen LogP) is -0.463. The van der Waals surface area contributed by atoms with Gasteiger partial charge in [0.05, 0.1) is 0 Å². The van der Waals surface area contributed by atoms with Crippen LogP contribution in [-0.4, -0.2) is 48.4 Å². The second-order valence-electron chi connectivity index (χ2n) is 4.93. The van der Waals surface area contributed by atoms with Gasteiger partial charge in [0.15, 0.2) is 23.7 Å². The number of aliphatic hydroxyl groups is 1. The SMILES string of the molecule is O.O.O=C1c2c(O)cc(O)cc2O[C@H](c2ccc(O)c(O)c2)[C@H]1O. The van der Waals surface area contributed by atoms with Gasteiger partial charge in [-0.1, -0.05) is 6.07 Å². The molecular formula is C15H16O9. The lowest BCUT2D eigenvalue weighted by Gasteiger charge is -2.30. The second-order valence-corrected chi connectivity index (χ2v) is 4.93. The Balaban J connectivity index is 0.00000144. The van der Waals surface area contributed by atoms with Gasteiger partial charge in [-0.3, -0.25) is 4.79 Å². The summed E-state index contributed by atoms with van der Waals surface area (Å²) in [5.74, 6) is -2.41. The fourth-order valence-corrected chi connectivity index (χ4v) is 2.38. The number of fused-ring (bicyclic) bond motifs is 1. The van der Waals surface area contributed by atoms with E-state index in [2.05, 4.69) is 0 Å². The van der Waals surface area contributed by atoms with E-state index in [1.165, 1.54) is 12.1 Å². The number of carbonyl (C=O) groups excluding carboxylic acids is 1. The van der Waals surface area contributed by atoms with E-state index in [-0.39, 0.29) is 39.3 Å². The summed E-state index contributed by atoms with van der Waals surface area (Å²) in [7, 11) is 0. The normalized spacial score (nSPS) is 18.6. The molecule has 0 saturated carbocycles. The summed E-state index contributed by atoms with van der Waals surface area (Å²) in [6.45, 7) is 0. The van der Waals surface area contributed by atoms with Crippen LogP contribution >= 0.6 is 0 Å². The van der Waals surface area contributed by atoms with Crippen molar-refractivity contribution in [1.82, 2.24) is 0 Å². The van der Waals surface area contributed by atoms with Crippen molar-refractivity contribution in [3.05, 3.63) is 41.5 Å². The number of hydrogen-bond acceptors (Lipinski definition) is 7. The summed E-state index contributed by atoms with van der Waals surface area (Å²) >= 11 is 0. The Kier molecular flexibility index (Phi) is 5.25. The minimum Gasteiger partial charge on any atom is -0.508 e. The number of aliphatic hydroxyl groups excluding tert-OH is 1. The maximum atomic E-state index is 12.2. The lowest BCUT2D eigenvalue weighted by Crippen LogP contribution is -2.36. The molecular weight excluding hydrogens is 324 g/mol. The molecule has 0 radical (unpaired) electrons. The van der Waals surface area contributed by atoms with Crippen molar-refractivity contribution in [1.29, 1.82) is 0 Å². The Bertz CT molecular complexity index is 772. The zero-order valence-corrected chi connectivity index (χ0v) is 12.1. The molecule has 130 valence electrons. The van der Waals surface area contributed by atoms with Crippen LogP contribution < -0.4 is 4.74 Å². The highest BCUT2D eigenvalue weighted by Crippen LogP contribution is 2.42. The van der Waals surface area contributed by atoms with E-state index in [0.717, 1.165) is 18.2 Å². The number of hydrogen-bond donors (Lipinski definition) is 5. The van der Waals surface area contributed by atoms with Gasteiger partial charge in [0.2, 0.25) is 5.78 Å². The number of carbonyl (C=O) groups is 1. The molecule has 1 aliphatic rings. The van der Waals surface area contributed by atoms with E-state index in [0.29, 0.717) is 0 Å². The minimum atomic E-state index is -1.60. The largest absolute Gasteiger partial charge is 0.508 e. The summed E-state index contributed by atoms with van der Waals surface area (Å²) in [6, 6.07) is 5.85. The Morgan fingerprint density at radius 1 is 0.875 bits per heavy atom. The van der Waals surface area contributed by atoms with Gasteiger partial charge in [0.1, 0.15) is 22.8 Å². The van der Waals surface area contributed by atoms with Crippen LogP contribution in [0.5, 0.6) is 28.7 Å². The first-order chi connectivity index (χ1) is 10.4. The number of phenolic OH excluding ortho intramolecular Hbond substituents is 4. The van der Waals surface area contributed by atoms with Crippen molar-refractivity contribution in [2.24, 2.45) is 0 Å². The first-order valence-electron chi connectivity index (χ1n) is 6.35. The third-order valence-corrected chi connectivity index (χ3v) is 3.45. The summed E-state index contributed by atoms with van der Waals surface area (Å²) in [6.07, 6.45) is -2.75. The standard InChI is InChI=1S/C15H12O7.2H2O/c16-7-4-10(19)12-11(5-7)22-15(14(21)13(12)20)6-1-2-8(17)9(18)3-6;;/h1-5,14-19,21H;2*1H2/t14-,15+;;/m0../s1. The number of benzene rings is 2. The number of phenols is 4. The molecule has 1 aliphatic heterocycles. The van der Waals surface area contributed by atoms with Crippen molar-refractivity contribution in [2.45, 2.75) is 12.2 Å². The lowest BCUT2D eigenvalue weighted by atomic mass is 9.92. The van der Waals surface area contributed by atoms with E-state index in [1.807, 2.05) is 0 Å². The molecule has 9 heteroatoms. The molecule has 0 saturated heterocycles. The van der Waals surface area contributed by atoms with Gasteiger partial charge in [-0.15, -0.1) is 0 Å². The maximum Gasteiger partial charge on any atom is 0.202 e. The quantitative estimate of drug-likeness (QED) is 0.433. The second kappa shape index (κ2) is 6.62. The van der Waals surface area contributed by atoms with Crippen LogP contribution in [-0.2, 0) is 0 Å². The Morgan fingerprint density at radius 3 is 2.17 bits per heavy atom. The van der Waals surface area contributed by atoms with Crippen LogP contribution in [0.25, 0.3) is 0 Å². The van der Waals surface area contributed by atoms with Crippen molar-refractivity contribution < 1.29 is 46.0 Å². The van der Waals surface area contributed by atoms with Gasteiger partial charge in [-0.2, -0.15) is 0 Å². The number of ketones is 1. The number of ether oxygens (including phenoxy) is 1. The van der Waals surface area contributed by atoms with E-state index in [4.69, 9.17) is 4.74 Å². The van der Waals surface area contributed by atoms with Gasteiger partial charge in [0, 0.05) is 12.1 Å². The van der Waals surface area contributed by atoms with E-state index in [1.54, 1.807) is 0 Å². The highest BCUT2D eigenvalue weighted by atomic mass is 16.5. The maximum absolute atomic E-state index is 12.2. The molecule has 24 heavy (non-hydrogen) atoms. The van der Waals surface area contributed by atoms with Crippen molar-refractivity contribution >= 4 is 5.78 Å². The molecule has 2 aromatic rings. The molecule has 3 rings (SSSR count). The molecule has 0 spiro atoms. The molecule has 1 heterocycles. The molecule has 9 nitrogen and oxygen atoms in total. The number of Topliss-reactive ketones (excluding diaryl/α,β-unsaturated/α-hetero) is 1. The van der Waals surface area contributed by atoms with Crippen LogP contribution in [0, 0.1) is 0 Å². The average Bonchev–Trinajstić information content (AvgIpc) is 2.45. The van der Waals surface area contributed by atoms with E-state index in [9.17, 15) is 30.3 Å². The van der Waals surface area contributed by atoms with Crippen LogP contribution in [0.15, 0.2) is 30.3 Å². The van der Waals surface area contributed by atoms with Gasteiger partial charge in [-0.05, 0) is 17.7 Å². The number of rotatable bonds is 1.